The average Bonchev–Trinajstić information content (AvgIpc) is 3.08. The van der Waals surface area contributed by atoms with Gasteiger partial charge in [0, 0.05) is 12.5 Å². The first kappa shape index (κ1) is 43.8. The maximum absolute atomic E-state index is 5.61. The van der Waals surface area contributed by atoms with E-state index in [2.05, 4.69) is 0 Å². The molecule has 14 nitrogen and oxygen atoms in total. The van der Waals surface area contributed by atoms with Crippen LogP contribution in [-0.2, 0) is 66.3 Å². The quantitative estimate of drug-likeness (QED) is 0.0688. The van der Waals surface area contributed by atoms with Crippen LogP contribution in [0.25, 0.3) is 0 Å². The van der Waals surface area contributed by atoms with Gasteiger partial charge in [-0.15, -0.1) is 11.6 Å². The van der Waals surface area contributed by atoms with Crippen molar-refractivity contribution in [3.05, 3.63) is 0 Å². The SMILES string of the molecule is ClCCOCCOCCOCCOCCOCCOCCOCCOCCOCCOCCOCCOCCOC1CCCCO1. The van der Waals surface area contributed by atoms with Crippen LogP contribution in [0.2, 0.25) is 0 Å². The zero-order valence-electron chi connectivity index (χ0n) is 27.9. The third kappa shape index (κ3) is 35.0. The highest BCUT2D eigenvalue weighted by Gasteiger charge is 2.13. The monoisotopic (exact) mass is 692 g/mol. The zero-order chi connectivity index (χ0) is 32.7. The van der Waals surface area contributed by atoms with Crippen LogP contribution < -0.4 is 0 Å². The van der Waals surface area contributed by atoms with Crippen LogP contribution in [0.1, 0.15) is 19.3 Å². The maximum atomic E-state index is 5.61. The second kappa shape index (κ2) is 39.2. The molecule has 1 aliphatic rings. The molecule has 1 heterocycles. The van der Waals surface area contributed by atoms with E-state index in [1.807, 2.05) is 0 Å². The lowest BCUT2D eigenvalue weighted by Crippen LogP contribution is -2.24. The third-order valence-corrected chi connectivity index (χ3v) is 6.14. The number of hydrogen-bond donors (Lipinski definition) is 0. The molecule has 1 unspecified atom stereocenters. The van der Waals surface area contributed by atoms with E-state index in [0.29, 0.717) is 171 Å². The first-order valence-corrected chi connectivity index (χ1v) is 17.2. The Hall–Kier alpha value is -0.270. The second-order valence-corrected chi connectivity index (χ2v) is 10.1. The summed E-state index contributed by atoms with van der Waals surface area (Å²) in [4.78, 5) is 0. The summed E-state index contributed by atoms with van der Waals surface area (Å²) in [6.45, 7) is 13.9. The van der Waals surface area contributed by atoms with Gasteiger partial charge in [-0.05, 0) is 19.3 Å². The highest BCUT2D eigenvalue weighted by atomic mass is 35.5. The second-order valence-electron chi connectivity index (χ2n) is 9.70. The fourth-order valence-electron chi connectivity index (χ4n) is 3.66. The molecular formula is C31H61ClO14. The van der Waals surface area contributed by atoms with Crippen molar-refractivity contribution in [2.24, 2.45) is 0 Å². The summed E-state index contributed by atoms with van der Waals surface area (Å²) in [6, 6.07) is 0. The van der Waals surface area contributed by atoms with Gasteiger partial charge in [0.15, 0.2) is 6.29 Å². The van der Waals surface area contributed by atoms with E-state index >= 15 is 0 Å². The molecule has 0 amide bonds. The topological polar surface area (TPSA) is 129 Å². The Labute approximate surface area is 281 Å². The Balaban J connectivity index is 1.59. The molecule has 0 N–H and O–H groups in total. The summed E-state index contributed by atoms with van der Waals surface area (Å²) in [5.41, 5.74) is 0. The molecule has 0 radical (unpaired) electrons. The lowest BCUT2D eigenvalue weighted by molar-refractivity contribution is -0.169. The number of halogens is 1. The van der Waals surface area contributed by atoms with Gasteiger partial charge in [0.2, 0.25) is 0 Å². The molecule has 1 atom stereocenters. The highest BCUT2D eigenvalue weighted by molar-refractivity contribution is 6.17. The van der Waals surface area contributed by atoms with Gasteiger partial charge < -0.3 is 66.3 Å². The molecule has 1 fully saturated rings. The van der Waals surface area contributed by atoms with Gasteiger partial charge in [-0.1, -0.05) is 0 Å². The van der Waals surface area contributed by atoms with Crippen LogP contribution in [0.4, 0.5) is 0 Å². The molecule has 46 heavy (non-hydrogen) atoms. The van der Waals surface area contributed by atoms with Crippen molar-refractivity contribution in [1.82, 2.24) is 0 Å². The van der Waals surface area contributed by atoms with E-state index < -0.39 is 0 Å². The minimum absolute atomic E-state index is 0.0665. The van der Waals surface area contributed by atoms with Crippen LogP contribution in [0, 0.1) is 0 Å². The van der Waals surface area contributed by atoms with Crippen molar-refractivity contribution >= 4 is 11.6 Å². The number of hydrogen-bond acceptors (Lipinski definition) is 14. The van der Waals surface area contributed by atoms with Gasteiger partial charge >= 0.3 is 0 Å². The van der Waals surface area contributed by atoms with Gasteiger partial charge in [0.25, 0.3) is 0 Å². The first-order chi connectivity index (χ1) is 22.9. The molecule has 0 aromatic rings. The first-order valence-electron chi connectivity index (χ1n) is 16.7. The lowest BCUT2D eigenvalue weighted by atomic mass is 10.2. The molecular weight excluding hydrogens is 632 g/mol. The molecule has 0 spiro atoms. The van der Waals surface area contributed by atoms with Crippen molar-refractivity contribution in [1.29, 1.82) is 0 Å². The Morgan fingerprint density at radius 2 is 0.609 bits per heavy atom. The summed E-state index contributed by atoms with van der Waals surface area (Å²) in [5, 5.41) is 0. The Morgan fingerprint density at radius 3 is 0.848 bits per heavy atom. The predicted molar refractivity (Wildman–Crippen MR) is 170 cm³/mol. The molecule has 1 rings (SSSR count). The average molecular weight is 693 g/mol. The zero-order valence-corrected chi connectivity index (χ0v) is 28.6. The highest BCUT2D eigenvalue weighted by Crippen LogP contribution is 2.13. The Bertz CT molecular complexity index is 563. The van der Waals surface area contributed by atoms with E-state index in [0.717, 1.165) is 25.9 Å². The van der Waals surface area contributed by atoms with Crippen LogP contribution >= 0.6 is 11.6 Å². The molecule has 0 saturated carbocycles. The van der Waals surface area contributed by atoms with Gasteiger partial charge in [-0.25, -0.2) is 0 Å². The molecule has 15 heteroatoms. The Morgan fingerprint density at radius 1 is 0.348 bits per heavy atom. The summed E-state index contributed by atoms with van der Waals surface area (Å²) >= 11 is 5.51. The molecule has 1 saturated heterocycles. The van der Waals surface area contributed by atoms with Crippen LogP contribution in [0.3, 0.4) is 0 Å². The summed E-state index contributed by atoms with van der Waals surface area (Å²) < 4.78 is 76.4. The number of rotatable bonds is 39. The van der Waals surface area contributed by atoms with Crippen molar-refractivity contribution in [3.8, 4) is 0 Å². The largest absolute Gasteiger partial charge is 0.378 e. The van der Waals surface area contributed by atoms with E-state index in [1.54, 1.807) is 0 Å². The van der Waals surface area contributed by atoms with E-state index in [9.17, 15) is 0 Å². The molecule has 276 valence electrons. The molecule has 0 aliphatic carbocycles. The third-order valence-electron chi connectivity index (χ3n) is 5.98. The number of ether oxygens (including phenoxy) is 14. The lowest BCUT2D eigenvalue weighted by Gasteiger charge is -2.22. The smallest absolute Gasteiger partial charge is 0.157 e. The van der Waals surface area contributed by atoms with Gasteiger partial charge in [0.05, 0.1) is 165 Å². The van der Waals surface area contributed by atoms with Crippen LogP contribution in [0.5, 0.6) is 0 Å². The van der Waals surface area contributed by atoms with Gasteiger partial charge in [-0.2, -0.15) is 0 Å². The van der Waals surface area contributed by atoms with Crippen LogP contribution in [0.15, 0.2) is 0 Å². The minimum atomic E-state index is -0.0665. The van der Waals surface area contributed by atoms with Crippen molar-refractivity contribution in [2.45, 2.75) is 25.6 Å². The summed E-state index contributed by atoms with van der Waals surface area (Å²) in [7, 11) is 0. The minimum Gasteiger partial charge on any atom is -0.378 e. The fourth-order valence-corrected chi connectivity index (χ4v) is 3.77. The summed E-state index contributed by atoms with van der Waals surface area (Å²) in [6.07, 6.45) is 3.19. The van der Waals surface area contributed by atoms with Crippen molar-refractivity contribution < 1.29 is 66.3 Å². The van der Waals surface area contributed by atoms with E-state index in [1.165, 1.54) is 0 Å². The molecule has 0 bridgehead atoms. The maximum Gasteiger partial charge on any atom is 0.157 e. The normalized spacial score (nSPS) is 15.2. The standard InChI is InChI=1S/C31H61ClO14/c32-4-6-33-7-8-34-9-10-35-11-12-36-13-14-37-15-16-38-17-18-39-19-20-40-21-22-41-23-24-42-25-26-43-27-28-44-29-30-46-31-3-1-2-5-45-31/h31H,1-30H2. The van der Waals surface area contributed by atoms with E-state index in [-0.39, 0.29) is 6.29 Å². The number of alkyl halides is 1. The van der Waals surface area contributed by atoms with E-state index in [4.69, 9.17) is 77.9 Å². The van der Waals surface area contributed by atoms with Gasteiger partial charge in [-0.3, -0.25) is 0 Å². The predicted octanol–water partition coefficient (Wildman–Crippen LogP) is 1.97. The Kier molecular flexibility index (Phi) is 37.3. The summed E-state index contributed by atoms with van der Waals surface area (Å²) in [5.74, 6) is 0.497. The fraction of sp³-hybridized carbons (Fsp3) is 1.00. The van der Waals surface area contributed by atoms with Crippen LogP contribution in [-0.4, -0.2) is 184 Å². The molecule has 0 aromatic heterocycles. The molecule has 0 aromatic carbocycles. The van der Waals surface area contributed by atoms with Crippen molar-refractivity contribution in [2.75, 3.05) is 178 Å². The van der Waals surface area contributed by atoms with Gasteiger partial charge in [0.1, 0.15) is 0 Å². The van der Waals surface area contributed by atoms with Crippen molar-refractivity contribution in [3.63, 3.8) is 0 Å². The molecule has 1 aliphatic heterocycles.